The van der Waals surface area contributed by atoms with Crippen molar-refractivity contribution in [3.8, 4) is 0 Å². The fraction of sp³-hybridized carbons (Fsp3) is 0.900. The van der Waals surface area contributed by atoms with Gasteiger partial charge in [-0.15, -0.1) is 0 Å². The van der Waals surface area contributed by atoms with E-state index >= 15 is 0 Å². The first-order valence-electron chi connectivity index (χ1n) is 5.38. The van der Waals surface area contributed by atoms with Gasteiger partial charge in [0.25, 0.3) is 0 Å². The molecular weight excluding hydrogens is 182 g/mol. The van der Waals surface area contributed by atoms with Crippen molar-refractivity contribution in [2.45, 2.75) is 37.8 Å². The second-order valence-electron chi connectivity index (χ2n) is 3.92. The van der Waals surface area contributed by atoms with Crippen molar-refractivity contribution in [1.29, 1.82) is 0 Å². The van der Waals surface area contributed by atoms with E-state index in [2.05, 4.69) is 5.32 Å². The number of hydrogen-bond acceptors (Lipinski definition) is 4. The Balaban J connectivity index is 1.75. The SMILES string of the molecule is O=C(OC1CCOC1)[C@@H]1CCCCN1. The first kappa shape index (κ1) is 9.93. The monoisotopic (exact) mass is 199 g/mol. The van der Waals surface area contributed by atoms with E-state index in [1.54, 1.807) is 0 Å². The standard InChI is InChI=1S/C10H17NO3/c12-10(9-3-1-2-5-11-9)14-8-4-6-13-7-8/h8-9,11H,1-7H2/t8?,9-/m0/s1. The summed E-state index contributed by atoms with van der Waals surface area (Å²) in [5, 5.41) is 3.18. The third-order valence-electron chi connectivity index (χ3n) is 2.77. The topological polar surface area (TPSA) is 47.6 Å². The van der Waals surface area contributed by atoms with Crippen molar-refractivity contribution in [1.82, 2.24) is 5.32 Å². The Labute approximate surface area is 84.0 Å². The second kappa shape index (κ2) is 4.75. The number of ether oxygens (including phenoxy) is 2. The summed E-state index contributed by atoms with van der Waals surface area (Å²) < 4.78 is 10.5. The minimum Gasteiger partial charge on any atom is -0.459 e. The van der Waals surface area contributed by atoms with E-state index in [1.165, 1.54) is 0 Å². The van der Waals surface area contributed by atoms with Gasteiger partial charge in [-0.1, -0.05) is 6.42 Å². The average Bonchev–Trinajstić information content (AvgIpc) is 2.72. The summed E-state index contributed by atoms with van der Waals surface area (Å²) in [7, 11) is 0. The number of esters is 1. The first-order valence-corrected chi connectivity index (χ1v) is 5.38. The zero-order valence-corrected chi connectivity index (χ0v) is 8.33. The summed E-state index contributed by atoms with van der Waals surface area (Å²) in [4.78, 5) is 11.6. The van der Waals surface area contributed by atoms with Gasteiger partial charge in [0, 0.05) is 6.42 Å². The molecule has 0 spiro atoms. The summed E-state index contributed by atoms with van der Waals surface area (Å²) in [6.45, 7) is 2.22. The van der Waals surface area contributed by atoms with Gasteiger partial charge in [0.2, 0.25) is 0 Å². The molecule has 0 aromatic carbocycles. The summed E-state index contributed by atoms with van der Waals surface area (Å²) in [6, 6.07) is -0.0793. The van der Waals surface area contributed by atoms with Crippen molar-refractivity contribution in [3.63, 3.8) is 0 Å². The van der Waals surface area contributed by atoms with Crippen molar-refractivity contribution >= 4 is 5.97 Å². The van der Waals surface area contributed by atoms with Crippen LogP contribution in [0, 0.1) is 0 Å². The van der Waals surface area contributed by atoms with Crippen LogP contribution < -0.4 is 5.32 Å². The van der Waals surface area contributed by atoms with Gasteiger partial charge in [-0.25, -0.2) is 0 Å². The predicted molar refractivity (Wildman–Crippen MR) is 51.0 cm³/mol. The van der Waals surface area contributed by atoms with E-state index in [1.807, 2.05) is 0 Å². The van der Waals surface area contributed by atoms with Gasteiger partial charge in [0.05, 0.1) is 13.2 Å². The first-order chi connectivity index (χ1) is 6.86. The minimum atomic E-state index is -0.0970. The minimum absolute atomic E-state index is 0.00812. The molecule has 2 rings (SSSR count). The second-order valence-corrected chi connectivity index (χ2v) is 3.92. The highest BCUT2D eigenvalue weighted by molar-refractivity contribution is 5.76. The largest absolute Gasteiger partial charge is 0.459 e. The van der Waals surface area contributed by atoms with E-state index in [4.69, 9.17) is 9.47 Å². The number of hydrogen-bond donors (Lipinski definition) is 1. The van der Waals surface area contributed by atoms with Crippen LogP contribution in [0.2, 0.25) is 0 Å². The summed E-state index contributed by atoms with van der Waals surface area (Å²) in [5.74, 6) is -0.0970. The third-order valence-corrected chi connectivity index (χ3v) is 2.77. The number of rotatable bonds is 2. The molecule has 4 heteroatoms. The van der Waals surface area contributed by atoms with Crippen LogP contribution in [0.5, 0.6) is 0 Å². The molecular formula is C10H17NO3. The summed E-state index contributed by atoms with van der Waals surface area (Å²) >= 11 is 0. The molecule has 1 N–H and O–H groups in total. The fourth-order valence-electron chi connectivity index (χ4n) is 1.91. The quantitative estimate of drug-likeness (QED) is 0.656. The maximum absolute atomic E-state index is 11.6. The van der Waals surface area contributed by atoms with Gasteiger partial charge in [0.1, 0.15) is 12.1 Å². The van der Waals surface area contributed by atoms with Gasteiger partial charge in [-0.3, -0.25) is 4.79 Å². The lowest BCUT2D eigenvalue weighted by Crippen LogP contribution is -2.42. The van der Waals surface area contributed by atoms with E-state index in [-0.39, 0.29) is 18.1 Å². The molecule has 2 aliphatic rings. The molecule has 2 atom stereocenters. The molecule has 14 heavy (non-hydrogen) atoms. The molecule has 0 aromatic heterocycles. The van der Waals surface area contributed by atoms with E-state index in [0.29, 0.717) is 6.61 Å². The maximum atomic E-state index is 11.6. The summed E-state index contributed by atoms with van der Waals surface area (Å²) in [5.41, 5.74) is 0. The maximum Gasteiger partial charge on any atom is 0.323 e. The van der Waals surface area contributed by atoms with Crippen LogP contribution in [0.15, 0.2) is 0 Å². The highest BCUT2D eigenvalue weighted by Crippen LogP contribution is 2.13. The molecule has 2 aliphatic heterocycles. The molecule has 4 nitrogen and oxygen atoms in total. The normalized spacial score (nSPS) is 32.9. The molecule has 2 fully saturated rings. The number of piperidine rings is 1. The van der Waals surface area contributed by atoms with E-state index < -0.39 is 0 Å². The smallest absolute Gasteiger partial charge is 0.323 e. The Morgan fingerprint density at radius 3 is 2.93 bits per heavy atom. The van der Waals surface area contributed by atoms with Gasteiger partial charge in [-0.05, 0) is 19.4 Å². The summed E-state index contributed by atoms with van der Waals surface area (Å²) in [6.07, 6.45) is 4.03. The lowest BCUT2D eigenvalue weighted by atomic mass is 10.1. The van der Waals surface area contributed by atoms with Gasteiger partial charge >= 0.3 is 5.97 Å². The van der Waals surface area contributed by atoms with E-state index in [9.17, 15) is 4.79 Å². The Kier molecular flexibility index (Phi) is 3.37. The highest BCUT2D eigenvalue weighted by Gasteiger charge is 2.26. The molecule has 0 amide bonds. The van der Waals surface area contributed by atoms with Crippen LogP contribution in [-0.2, 0) is 14.3 Å². The Morgan fingerprint density at radius 1 is 1.36 bits per heavy atom. The van der Waals surface area contributed by atoms with E-state index in [0.717, 1.165) is 38.8 Å². The molecule has 80 valence electrons. The van der Waals surface area contributed by atoms with Crippen molar-refractivity contribution in [2.24, 2.45) is 0 Å². The third kappa shape index (κ3) is 2.45. The Morgan fingerprint density at radius 2 is 2.29 bits per heavy atom. The molecule has 0 radical (unpaired) electrons. The molecule has 2 saturated heterocycles. The van der Waals surface area contributed by atoms with Gasteiger partial charge < -0.3 is 14.8 Å². The Bertz CT molecular complexity index is 196. The van der Waals surface area contributed by atoms with Crippen molar-refractivity contribution in [3.05, 3.63) is 0 Å². The van der Waals surface area contributed by atoms with Crippen molar-refractivity contribution in [2.75, 3.05) is 19.8 Å². The van der Waals surface area contributed by atoms with Crippen LogP contribution in [0.3, 0.4) is 0 Å². The fourth-order valence-corrected chi connectivity index (χ4v) is 1.91. The van der Waals surface area contributed by atoms with Crippen LogP contribution in [0.4, 0.5) is 0 Å². The molecule has 0 bridgehead atoms. The zero-order chi connectivity index (χ0) is 9.80. The van der Waals surface area contributed by atoms with Crippen LogP contribution in [0.25, 0.3) is 0 Å². The van der Waals surface area contributed by atoms with Crippen LogP contribution >= 0.6 is 0 Å². The van der Waals surface area contributed by atoms with Crippen molar-refractivity contribution < 1.29 is 14.3 Å². The number of carbonyl (C=O) groups excluding carboxylic acids is 1. The number of carbonyl (C=O) groups is 1. The zero-order valence-electron chi connectivity index (χ0n) is 8.33. The lowest BCUT2D eigenvalue weighted by molar-refractivity contribution is -0.152. The average molecular weight is 199 g/mol. The van der Waals surface area contributed by atoms with Crippen LogP contribution in [-0.4, -0.2) is 37.9 Å². The van der Waals surface area contributed by atoms with Gasteiger partial charge in [0.15, 0.2) is 0 Å². The molecule has 0 aromatic rings. The molecule has 1 unspecified atom stereocenters. The van der Waals surface area contributed by atoms with Crippen LogP contribution in [0.1, 0.15) is 25.7 Å². The van der Waals surface area contributed by atoms with Gasteiger partial charge in [-0.2, -0.15) is 0 Å². The molecule has 0 saturated carbocycles. The lowest BCUT2D eigenvalue weighted by Gasteiger charge is -2.23. The predicted octanol–water partition coefficient (Wildman–Crippen LogP) is 0.461. The highest BCUT2D eigenvalue weighted by atomic mass is 16.6. The number of nitrogens with one attached hydrogen (secondary N) is 1. The molecule has 2 heterocycles. The molecule has 0 aliphatic carbocycles. The Hall–Kier alpha value is -0.610.